The highest BCUT2D eigenvalue weighted by Gasteiger charge is 2.30. The van der Waals surface area contributed by atoms with E-state index in [1.807, 2.05) is 60.7 Å². The number of para-hydroxylation sites is 2. The largest absolute Gasteiger partial charge is 0.475 e. The Morgan fingerprint density at radius 1 is 0.828 bits per heavy atom. The van der Waals surface area contributed by atoms with Gasteiger partial charge in [-0.1, -0.05) is 60.7 Å². The molecule has 5 nitrogen and oxygen atoms in total. The molecule has 3 aromatic rings. The van der Waals surface area contributed by atoms with Crippen molar-refractivity contribution in [1.82, 2.24) is 5.32 Å². The first-order valence-corrected chi connectivity index (χ1v) is 9.68. The van der Waals surface area contributed by atoms with Gasteiger partial charge in [-0.2, -0.15) is 0 Å². The normalized spacial score (nSPS) is 13.9. The van der Waals surface area contributed by atoms with E-state index in [2.05, 4.69) is 10.6 Å². The van der Waals surface area contributed by atoms with Crippen LogP contribution in [-0.4, -0.2) is 17.9 Å². The summed E-state index contributed by atoms with van der Waals surface area (Å²) in [7, 11) is 0. The van der Waals surface area contributed by atoms with Crippen LogP contribution in [0.5, 0.6) is 5.75 Å². The fraction of sp³-hybridized carbons (Fsp3) is 0.167. The van der Waals surface area contributed by atoms with E-state index in [9.17, 15) is 9.59 Å². The predicted molar refractivity (Wildman–Crippen MR) is 112 cm³/mol. The van der Waals surface area contributed by atoms with Crippen molar-refractivity contribution in [2.75, 3.05) is 5.32 Å². The number of amides is 2. The van der Waals surface area contributed by atoms with Gasteiger partial charge in [0.15, 0.2) is 0 Å². The third-order valence-electron chi connectivity index (χ3n) is 4.67. The second-order valence-electron chi connectivity index (χ2n) is 7.01. The Labute approximate surface area is 169 Å². The molecule has 1 fully saturated rings. The van der Waals surface area contributed by atoms with E-state index in [-0.39, 0.29) is 17.9 Å². The van der Waals surface area contributed by atoms with Gasteiger partial charge in [0.05, 0.1) is 5.56 Å². The first kappa shape index (κ1) is 18.7. The molecular formula is C24H22N2O3. The average Bonchev–Trinajstić information content (AvgIpc) is 3.57. The van der Waals surface area contributed by atoms with E-state index in [4.69, 9.17) is 4.74 Å². The van der Waals surface area contributed by atoms with Crippen LogP contribution in [0.1, 0.15) is 34.9 Å². The number of ether oxygens (including phenoxy) is 1. The van der Waals surface area contributed by atoms with Gasteiger partial charge in [0.2, 0.25) is 6.10 Å². The molecule has 0 bridgehead atoms. The highest BCUT2D eigenvalue weighted by Crippen LogP contribution is 2.28. The summed E-state index contributed by atoms with van der Waals surface area (Å²) >= 11 is 0. The molecular weight excluding hydrogens is 364 g/mol. The van der Waals surface area contributed by atoms with Crippen LogP contribution in [0.4, 0.5) is 5.69 Å². The minimum atomic E-state index is -0.831. The first-order valence-electron chi connectivity index (χ1n) is 9.68. The highest BCUT2D eigenvalue weighted by molar-refractivity contribution is 6.06. The molecule has 29 heavy (non-hydrogen) atoms. The third kappa shape index (κ3) is 4.82. The van der Waals surface area contributed by atoms with Gasteiger partial charge in [0.25, 0.3) is 11.8 Å². The molecule has 0 aromatic heterocycles. The summed E-state index contributed by atoms with van der Waals surface area (Å²) in [6.07, 6.45) is 1.15. The lowest BCUT2D eigenvalue weighted by atomic mass is 10.1. The average molecular weight is 386 g/mol. The fourth-order valence-electron chi connectivity index (χ4n) is 3.01. The van der Waals surface area contributed by atoms with Crippen LogP contribution in [0.25, 0.3) is 0 Å². The Kier molecular flexibility index (Phi) is 5.56. The number of carbonyl (C=O) groups is 2. The molecule has 0 heterocycles. The van der Waals surface area contributed by atoms with Gasteiger partial charge >= 0.3 is 0 Å². The lowest BCUT2D eigenvalue weighted by Crippen LogP contribution is -2.34. The van der Waals surface area contributed by atoms with Gasteiger partial charge in [-0.3, -0.25) is 9.59 Å². The monoisotopic (exact) mass is 386 g/mol. The second-order valence-corrected chi connectivity index (χ2v) is 7.01. The SMILES string of the molecule is O=C(Nc1ccccc1)c1ccccc1O[C@H](C(=O)NC1CC1)c1ccccc1. The smallest absolute Gasteiger partial charge is 0.266 e. The summed E-state index contributed by atoms with van der Waals surface area (Å²) in [6, 6.07) is 25.7. The molecule has 0 radical (unpaired) electrons. The Morgan fingerprint density at radius 3 is 2.14 bits per heavy atom. The maximum absolute atomic E-state index is 12.8. The molecule has 0 spiro atoms. The molecule has 2 amide bonds. The summed E-state index contributed by atoms with van der Waals surface area (Å²) in [5.74, 6) is -0.126. The number of rotatable bonds is 7. The molecule has 0 saturated heterocycles. The molecule has 0 unspecified atom stereocenters. The van der Waals surface area contributed by atoms with E-state index in [0.29, 0.717) is 17.0 Å². The lowest BCUT2D eigenvalue weighted by Gasteiger charge is -2.21. The Hall–Kier alpha value is -3.60. The summed E-state index contributed by atoms with van der Waals surface area (Å²) in [5.41, 5.74) is 1.80. The van der Waals surface area contributed by atoms with E-state index >= 15 is 0 Å². The van der Waals surface area contributed by atoms with E-state index in [1.165, 1.54) is 0 Å². The number of nitrogens with one attached hydrogen (secondary N) is 2. The number of anilines is 1. The van der Waals surface area contributed by atoms with Crippen molar-refractivity contribution in [3.05, 3.63) is 96.1 Å². The zero-order valence-electron chi connectivity index (χ0n) is 15.9. The van der Waals surface area contributed by atoms with Gasteiger partial charge in [0, 0.05) is 17.3 Å². The maximum atomic E-state index is 12.8. The van der Waals surface area contributed by atoms with Crippen molar-refractivity contribution >= 4 is 17.5 Å². The lowest BCUT2D eigenvalue weighted by molar-refractivity contribution is -0.128. The Balaban J connectivity index is 1.59. The zero-order valence-corrected chi connectivity index (χ0v) is 15.9. The predicted octanol–water partition coefficient (Wildman–Crippen LogP) is 4.34. The van der Waals surface area contributed by atoms with Crippen LogP contribution >= 0.6 is 0 Å². The van der Waals surface area contributed by atoms with Crippen LogP contribution < -0.4 is 15.4 Å². The molecule has 1 aliphatic rings. The molecule has 1 saturated carbocycles. The molecule has 146 valence electrons. The standard InChI is InChI=1S/C24H22N2O3/c27-23(25-18-11-5-2-6-12-18)20-13-7-8-14-21(20)29-22(17-9-3-1-4-10-17)24(28)26-19-15-16-19/h1-14,19,22H,15-16H2,(H,25,27)(H,26,28)/t22-/m0/s1. The third-order valence-corrected chi connectivity index (χ3v) is 4.67. The van der Waals surface area contributed by atoms with Crippen LogP contribution in [0.3, 0.4) is 0 Å². The molecule has 0 aliphatic heterocycles. The number of hydrogen-bond acceptors (Lipinski definition) is 3. The Morgan fingerprint density at radius 2 is 1.45 bits per heavy atom. The van der Waals surface area contributed by atoms with Crippen molar-refractivity contribution in [3.8, 4) is 5.75 Å². The minimum Gasteiger partial charge on any atom is -0.475 e. The number of benzene rings is 3. The van der Waals surface area contributed by atoms with Gasteiger partial charge in [0.1, 0.15) is 5.75 Å². The number of hydrogen-bond donors (Lipinski definition) is 2. The van der Waals surface area contributed by atoms with Gasteiger partial charge in [-0.15, -0.1) is 0 Å². The van der Waals surface area contributed by atoms with Crippen molar-refractivity contribution in [1.29, 1.82) is 0 Å². The number of carbonyl (C=O) groups excluding carboxylic acids is 2. The van der Waals surface area contributed by atoms with Crippen LogP contribution in [0.2, 0.25) is 0 Å². The quantitative estimate of drug-likeness (QED) is 0.635. The molecule has 2 N–H and O–H groups in total. The molecule has 4 rings (SSSR count). The van der Waals surface area contributed by atoms with E-state index in [0.717, 1.165) is 18.4 Å². The van der Waals surface area contributed by atoms with E-state index < -0.39 is 6.10 Å². The van der Waals surface area contributed by atoms with Crippen molar-refractivity contribution in [3.63, 3.8) is 0 Å². The van der Waals surface area contributed by atoms with Crippen LogP contribution in [0.15, 0.2) is 84.9 Å². The maximum Gasteiger partial charge on any atom is 0.266 e. The van der Waals surface area contributed by atoms with Crippen molar-refractivity contribution < 1.29 is 14.3 Å². The first-order chi connectivity index (χ1) is 14.2. The van der Waals surface area contributed by atoms with Gasteiger partial charge in [-0.05, 0) is 37.1 Å². The summed E-state index contributed by atoms with van der Waals surface area (Å²) in [6.45, 7) is 0. The molecule has 5 heteroatoms. The zero-order chi connectivity index (χ0) is 20.1. The van der Waals surface area contributed by atoms with Crippen LogP contribution in [0, 0.1) is 0 Å². The molecule has 3 aromatic carbocycles. The van der Waals surface area contributed by atoms with Crippen LogP contribution in [-0.2, 0) is 4.79 Å². The minimum absolute atomic E-state index is 0.197. The summed E-state index contributed by atoms with van der Waals surface area (Å²) in [5, 5.41) is 5.86. The molecule has 1 aliphatic carbocycles. The fourth-order valence-corrected chi connectivity index (χ4v) is 3.01. The Bertz CT molecular complexity index is 985. The van der Waals surface area contributed by atoms with Crippen molar-refractivity contribution in [2.45, 2.75) is 25.0 Å². The summed E-state index contributed by atoms with van der Waals surface area (Å²) < 4.78 is 6.11. The topological polar surface area (TPSA) is 67.4 Å². The highest BCUT2D eigenvalue weighted by atomic mass is 16.5. The van der Waals surface area contributed by atoms with Crippen molar-refractivity contribution in [2.24, 2.45) is 0 Å². The van der Waals surface area contributed by atoms with Gasteiger partial charge in [-0.25, -0.2) is 0 Å². The van der Waals surface area contributed by atoms with Gasteiger partial charge < -0.3 is 15.4 Å². The second kappa shape index (κ2) is 8.61. The summed E-state index contributed by atoms with van der Waals surface area (Å²) in [4.78, 5) is 25.7. The molecule has 1 atom stereocenters. The van der Waals surface area contributed by atoms with E-state index in [1.54, 1.807) is 24.3 Å².